The van der Waals surface area contributed by atoms with Crippen LogP contribution in [-0.2, 0) is 4.79 Å². The molecule has 2 rings (SSSR count). The Morgan fingerprint density at radius 2 is 1.86 bits per heavy atom. The number of halogens is 1. The van der Waals surface area contributed by atoms with Crippen LogP contribution in [0.15, 0.2) is 24.3 Å². The van der Waals surface area contributed by atoms with Crippen LogP contribution in [0.2, 0.25) is 5.02 Å². The van der Waals surface area contributed by atoms with Crippen molar-refractivity contribution in [3.63, 3.8) is 0 Å². The van der Waals surface area contributed by atoms with Gasteiger partial charge in [-0.05, 0) is 37.5 Å². The van der Waals surface area contributed by atoms with Gasteiger partial charge in [-0.2, -0.15) is 0 Å². The third kappa shape index (κ3) is 3.41. The molecule has 1 amide bonds. The molecule has 1 aliphatic rings. The first-order valence-corrected chi connectivity index (χ1v) is 8.11. The van der Waals surface area contributed by atoms with Crippen molar-refractivity contribution < 1.29 is 4.79 Å². The molecule has 21 heavy (non-hydrogen) atoms. The monoisotopic (exact) mass is 308 g/mol. The summed E-state index contributed by atoms with van der Waals surface area (Å²) < 4.78 is 0. The Labute approximate surface area is 132 Å². The molecule has 0 bridgehead atoms. The van der Waals surface area contributed by atoms with Crippen LogP contribution in [0, 0.1) is 5.41 Å². The number of benzene rings is 1. The summed E-state index contributed by atoms with van der Waals surface area (Å²) in [5.74, 6) is 0.187. The number of carbonyl (C=O) groups excluding carboxylic acids is 1. The lowest BCUT2D eigenvalue weighted by Crippen LogP contribution is -2.48. The fourth-order valence-electron chi connectivity index (χ4n) is 3.25. The molecule has 3 nitrogen and oxygen atoms in total. The summed E-state index contributed by atoms with van der Waals surface area (Å²) in [5.41, 5.74) is 6.71. The van der Waals surface area contributed by atoms with Crippen LogP contribution in [0.1, 0.15) is 50.6 Å². The molecule has 1 aromatic rings. The predicted octanol–water partition coefficient (Wildman–Crippen LogP) is 3.77. The van der Waals surface area contributed by atoms with E-state index in [1.54, 1.807) is 0 Å². The molecular weight excluding hydrogens is 284 g/mol. The van der Waals surface area contributed by atoms with E-state index in [0.717, 1.165) is 31.2 Å². The van der Waals surface area contributed by atoms with Gasteiger partial charge in [-0.3, -0.25) is 4.79 Å². The quantitative estimate of drug-likeness (QED) is 0.920. The molecule has 1 aromatic carbocycles. The number of hydrogen-bond acceptors (Lipinski definition) is 2. The van der Waals surface area contributed by atoms with Gasteiger partial charge in [0.25, 0.3) is 0 Å². The number of hydrogen-bond donors (Lipinski definition) is 1. The van der Waals surface area contributed by atoms with Crippen molar-refractivity contribution in [2.75, 3.05) is 13.6 Å². The first-order valence-electron chi connectivity index (χ1n) is 7.73. The molecule has 0 radical (unpaired) electrons. The Kier molecular flexibility index (Phi) is 5.28. The van der Waals surface area contributed by atoms with Crippen molar-refractivity contribution >= 4 is 17.5 Å². The Balaban J connectivity index is 2.15. The van der Waals surface area contributed by atoms with Gasteiger partial charge in [0.05, 0.1) is 11.5 Å². The molecule has 0 saturated heterocycles. The van der Waals surface area contributed by atoms with Crippen molar-refractivity contribution in [3.8, 4) is 0 Å². The average Bonchev–Trinajstić information content (AvgIpc) is 2.54. The second-order valence-corrected chi connectivity index (χ2v) is 6.63. The maximum atomic E-state index is 13.0. The van der Waals surface area contributed by atoms with Gasteiger partial charge in [0.1, 0.15) is 0 Å². The molecule has 0 aliphatic heterocycles. The molecule has 1 saturated carbocycles. The van der Waals surface area contributed by atoms with E-state index in [-0.39, 0.29) is 17.4 Å². The van der Waals surface area contributed by atoms with E-state index in [9.17, 15) is 4.79 Å². The van der Waals surface area contributed by atoms with Gasteiger partial charge >= 0.3 is 0 Å². The summed E-state index contributed by atoms with van der Waals surface area (Å²) in [6.07, 6.45) is 5.25. The van der Waals surface area contributed by atoms with Crippen LogP contribution < -0.4 is 5.73 Å². The van der Waals surface area contributed by atoms with Crippen LogP contribution in [0.4, 0.5) is 0 Å². The molecule has 1 unspecified atom stereocenters. The summed E-state index contributed by atoms with van der Waals surface area (Å²) in [6, 6.07) is 7.72. The molecule has 116 valence electrons. The SMILES string of the molecule is CC(c1ccc(Cl)cc1)N(C)C(=O)C1(CN)CCCCC1. The highest BCUT2D eigenvalue weighted by Gasteiger charge is 2.41. The lowest BCUT2D eigenvalue weighted by molar-refractivity contribution is -0.144. The fourth-order valence-corrected chi connectivity index (χ4v) is 3.37. The summed E-state index contributed by atoms with van der Waals surface area (Å²) in [6.45, 7) is 2.50. The highest BCUT2D eigenvalue weighted by atomic mass is 35.5. The molecule has 4 heteroatoms. The molecule has 0 spiro atoms. The Hall–Kier alpha value is -1.06. The van der Waals surface area contributed by atoms with E-state index in [4.69, 9.17) is 17.3 Å². The minimum atomic E-state index is -0.353. The van der Waals surface area contributed by atoms with Crippen LogP contribution in [0.25, 0.3) is 0 Å². The standard InChI is InChI=1S/C17H25ClN2O/c1-13(14-6-8-15(18)9-7-14)20(2)16(21)17(12-19)10-4-3-5-11-17/h6-9,13H,3-5,10-12,19H2,1-2H3. The van der Waals surface area contributed by atoms with Crippen molar-refractivity contribution in [1.29, 1.82) is 0 Å². The van der Waals surface area contributed by atoms with Crippen molar-refractivity contribution in [2.45, 2.75) is 45.1 Å². The lowest BCUT2D eigenvalue weighted by atomic mass is 9.73. The number of carbonyl (C=O) groups is 1. The Morgan fingerprint density at radius 3 is 2.38 bits per heavy atom. The Morgan fingerprint density at radius 1 is 1.29 bits per heavy atom. The van der Waals surface area contributed by atoms with Crippen LogP contribution >= 0.6 is 11.6 Å². The predicted molar refractivity (Wildman–Crippen MR) is 87.2 cm³/mol. The summed E-state index contributed by atoms with van der Waals surface area (Å²) in [7, 11) is 1.88. The van der Waals surface area contributed by atoms with Crippen LogP contribution in [0.3, 0.4) is 0 Å². The van der Waals surface area contributed by atoms with Gasteiger partial charge < -0.3 is 10.6 Å². The maximum absolute atomic E-state index is 13.0. The summed E-state index contributed by atoms with van der Waals surface area (Å²) >= 11 is 5.93. The lowest BCUT2D eigenvalue weighted by Gasteiger charge is -2.39. The first-order chi connectivity index (χ1) is 10.00. The zero-order chi connectivity index (χ0) is 15.5. The highest BCUT2D eigenvalue weighted by molar-refractivity contribution is 6.30. The fraction of sp³-hybridized carbons (Fsp3) is 0.588. The largest absolute Gasteiger partial charge is 0.338 e. The first kappa shape index (κ1) is 16.3. The molecule has 0 heterocycles. The van der Waals surface area contributed by atoms with E-state index in [2.05, 4.69) is 0 Å². The number of nitrogens with zero attached hydrogens (tertiary/aromatic N) is 1. The minimum Gasteiger partial charge on any atom is -0.338 e. The van der Waals surface area contributed by atoms with Gasteiger partial charge in [-0.1, -0.05) is 43.0 Å². The third-order valence-electron chi connectivity index (χ3n) is 4.91. The number of nitrogens with two attached hydrogens (primary N) is 1. The summed E-state index contributed by atoms with van der Waals surface area (Å²) in [4.78, 5) is 14.8. The van der Waals surface area contributed by atoms with Crippen molar-refractivity contribution in [1.82, 2.24) is 4.90 Å². The molecule has 1 atom stereocenters. The zero-order valence-corrected chi connectivity index (χ0v) is 13.7. The van der Waals surface area contributed by atoms with E-state index in [1.807, 2.05) is 43.1 Å². The van der Waals surface area contributed by atoms with Crippen molar-refractivity contribution in [3.05, 3.63) is 34.9 Å². The van der Waals surface area contributed by atoms with E-state index in [0.29, 0.717) is 11.6 Å². The number of rotatable bonds is 4. The van der Waals surface area contributed by atoms with E-state index >= 15 is 0 Å². The van der Waals surface area contributed by atoms with Crippen LogP contribution in [-0.4, -0.2) is 24.4 Å². The topological polar surface area (TPSA) is 46.3 Å². The third-order valence-corrected chi connectivity index (χ3v) is 5.16. The summed E-state index contributed by atoms with van der Waals surface area (Å²) in [5, 5.41) is 0.714. The smallest absolute Gasteiger partial charge is 0.230 e. The minimum absolute atomic E-state index is 0.0279. The normalized spacial score (nSPS) is 19.0. The van der Waals surface area contributed by atoms with Crippen molar-refractivity contribution in [2.24, 2.45) is 11.1 Å². The molecule has 2 N–H and O–H groups in total. The molecule has 1 fully saturated rings. The van der Waals surface area contributed by atoms with Gasteiger partial charge in [-0.25, -0.2) is 0 Å². The van der Waals surface area contributed by atoms with Crippen LogP contribution in [0.5, 0.6) is 0 Å². The maximum Gasteiger partial charge on any atom is 0.230 e. The van der Waals surface area contributed by atoms with Gasteiger partial charge in [0, 0.05) is 18.6 Å². The van der Waals surface area contributed by atoms with Gasteiger partial charge in [-0.15, -0.1) is 0 Å². The zero-order valence-electron chi connectivity index (χ0n) is 12.9. The van der Waals surface area contributed by atoms with Gasteiger partial charge in [0.2, 0.25) is 5.91 Å². The van der Waals surface area contributed by atoms with E-state index < -0.39 is 0 Å². The molecular formula is C17H25ClN2O. The van der Waals surface area contributed by atoms with E-state index in [1.165, 1.54) is 6.42 Å². The average molecular weight is 309 g/mol. The Bertz CT molecular complexity index is 480. The molecule has 0 aromatic heterocycles. The molecule has 1 aliphatic carbocycles. The highest BCUT2D eigenvalue weighted by Crippen LogP contribution is 2.38. The second-order valence-electron chi connectivity index (χ2n) is 6.19. The second kappa shape index (κ2) is 6.80. The van der Waals surface area contributed by atoms with Gasteiger partial charge in [0.15, 0.2) is 0 Å². The number of amides is 1.